The molecule has 0 atom stereocenters. The number of rotatable bonds is 11. The van der Waals surface area contributed by atoms with E-state index < -0.39 is 5.97 Å². The second-order valence-electron chi connectivity index (χ2n) is 12.3. The van der Waals surface area contributed by atoms with Gasteiger partial charge in [-0.05, 0) is 98.2 Å². The highest BCUT2D eigenvalue weighted by atomic mass is 16.5. The fourth-order valence-corrected chi connectivity index (χ4v) is 6.94. The fraction of sp³-hybridized carbons (Fsp3) is 0.417. The third-order valence-corrected chi connectivity index (χ3v) is 9.39. The number of hydrogen-bond donors (Lipinski definition) is 2. The number of aromatic carboxylic acids is 1. The highest BCUT2D eigenvalue weighted by molar-refractivity contribution is 5.90. The van der Waals surface area contributed by atoms with Gasteiger partial charge in [-0.3, -0.25) is 4.90 Å². The summed E-state index contributed by atoms with van der Waals surface area (Å²) in [6.07, 6.45) is 9.54. The van der Waals surface area contributed by atoms with Crippen molar-refractivity contribution in [2.45, 2.75) is 71.1 Å². The first-order valence-corrected chi connectivity index (χ1v) is 16.0. The number of aromatic nitrogens is 3. The van der Waals surface area contributed by atoms with Crippen molar-refractivity contribution in [1.29, 1.82) is 0 Å². The van der Waals surface area contributed by atoms with Gasteiger partial charge in [0.25, 0.3) is 0 Å². The van der Waals surface area contributed by atoms with Crippen LogP contribution in [0.1, 0.15) is 71.1 Å². The van der Waals surface area contributed by atoms with Gasteiger partial charge >= 0.3 is 5.97 Å². The van der Waals surface area contributed by atoms with Gasteiger partial charge in [-0.25, -0.2) is 9.78 Å². The van der Waals surface area contributed by atoms with E-state index in [0.29, 0.717) is 30.8 Å². The zero-order valence-electron chi connectivity index (χ0n) is 26.1. The maximum Gasteiger partial charge on any atom is 0.342 e. The number of methoxy groups -OCH3 is 1. The van der Waals surface area contributed by atoms with Crippen molar-refractivity contribution < 1.29 is 24.5 Å². The van der Waals surface area contributed by atoms with Crippen molar-refractivity contribution >= 4 is 5.97 Å². The summed E-state index contributed by atoms with van der Waals surface area (Å²) in [4.78, 5) is 19.1. The Morgan fingerprint density at radius 2 is 1.87 bits per heavy atom. The molecule has 1 saturated carbocycles. The second-order valence-corrected chi connectivity index (χ2v) is 12.3. The molecule has 2 N–H and O–H groups in total. The quantitative estimate of drug-likeness (QED) is 0.206. The van der Waals surface area contributed by atoms with E-state index in [1.165, 1.54) is 61.2 Å². The number of aliphatic hydroxyl groups excluding tert-OH is 1. The number of benzene rings is 2. The number of para-hydroxylation sites is 1. The van der Waals surface area contributed by atoms with Crippen molar-refractivity contribution in [3.8, 4) is 28.7 Å². The molecule has 1 aliphatic carbocycles. The van der Waals surface area contributed by atoms with Gasteiger partial charge in [0.1, 0.15) is 17.9 Å². The van der Waals surface area contributed by atoms with Crippen LogP contribution in [0.3, 0.4) is 0 Å². The van der Waals surface area contributed by atoms with E-state index in [1.807, 2.05) is 37.3 Å². The van der Waals surface area contributed by atoms with Crippen LogP contribution in [0, 0.1) is 12.8 Å². The monoisotopic (exact) mass is 610 g/mol. The maximum atomic E-state index is 11.6. The summed E-state index contributed by atoms with van der Waals surface area (Å²) in [5.74, 6) is 0.997. The van der Waals surface area contributed by atoms with Crippen molar-refractivity contribution in [3.05, 3.63) is 88.6 Å². The molecule has 236 valence electrons. The van der Waals surface area contributed by atoms with E-state index in [0.717, 1.165) is 54.3 Å². The lowest BCUT2D eigenvalue weighted by atomic mass is 9.82. The number of nitrogens with zero attached hydrogens (tertiary/aromatic N) is 4. The lowest BCUT2D eigenvalue weighted by Crippen LogP contribution is -2.41. The topological polar surface area (TPSA) is 110 Å². The zero-order chi connectivity index (χ0) is 31.3. The molecule has 6 rings (SSSR count). The summed E-state index contributed by atoms with van der Waals surface area (Å²) in [6, 6.07) is 19.0. The Kier molecular flexibility index (Phi) is 9.47. The van der Waals surface area contributed by atoms with Crippen molar-refractivity contribution in [3.63, 3.8) is 0 Å². The second kappa shape index (κ2) is 13.8. The summed E-state index contributed by atoms with van der Waals surface area (Å²) in [5.41, 5.74) is 6.49. The number of fused-ring (bicyclic) bond motifs is 1. The molecular weight excluding hydrogens is 568 g/mol. The maximum absolute atomic E-state index is 11.6. The van der Waals surface area contributed by atoms with Gasteiger partial charge in [0.2, 0.25) is 5.88 Å². The standard InChI is InChI=1S/C36H42N4O5/c1-24-6-3-8-30(32-9-4-10-33(38-32)40-35(44-2)31(21-37-40)36(42)43)34(24)45-23-26-11-14-28-22-39(18-17-27(28)20-26)29-15-12-25(13-16-29)7-5-19-41/h3-4,6,8-11,14,20-21,25,29,41H,5,7,12-13,15-19,22-23H2,1-2H3,(H,42,43). The lowest BCUT2D eigenvalue weighted by Gasteiger charge is -2.39. The van der Waals surface area contributed by atoms with Gasteiger partial charge in [0.05, 0.1) is 19.0 Å². The number of carboxylic acid groups (broad SMARTS) is 1. The van der Waals surface area contributed by atoms with Crippen LogP contribution >= 0.6 is 0 Å². The van der Waals surface area contributed by atoms with Crippen LogP contribution in [0.25, 0.3) is 17.1 Å². The molecule has 9 nitrogen and oxygen atoms in total. The molecule has 0 amide bonds. The van der Waals surface area contributed by atoms with Gasteiger partial charge in [0, 0.05) is 31.3 Å². The van der Waals surface area contributed by atoms with Crippen LogP contribution in [-0.4, -0.2) is 62.2 Å². The molecule has 4 aromatic rings. The van der Waals surface area contributed by atoms with Gasteiger partial charge in [-0.1, -0.05) is 36.4 Å². The Morgan fingerprint density at radius 1 is 1.04 bits per heavy atom. The number of ether oxygens (including phenoxy) is 2. The molecule has 0 spiro atoms. The average Bonchev–Trinajstić information content (AvgIpc) is 3.51. The first kappa shape index (κ1) is 30.8. The summed E-state index contributed by atoms with van der Waals surface area (Å²) in [6.45, 7) is 4.90. The number of pyridine rings is 1. The number of hydrogen-bond acceptors (Lipinski definition) is 7. The molecule has 2 aliphatic rings. The highest BCUT2D eigenvalue weighted by Crippen LogP contribution is 2.35. The molecular formula is C36H42N4O5. The van der Waals surface area contributed by atoms with Gasteiger partial charge in [-0.2, -0.15) is 9.78 Å². The molecule has 1 aliphatic heterocycles. The summed E-state index contributed by atoms with van der Waals surface area (Å²) in [7, 11) is 1.42. The van der Waals surface area contributed by atoms with Crippen LogP contribution < -0.4 is 9.47 Å². The summed E-state index contributed by atoms with van der Waals surface area (Å²) in [5, 5.41) is 22.9. The van der Waals surface area contributed by atoms with E-state index >= 15 is 0 Å². The van der Waals surface area contributed by atoms with Crippen molar-refractivity contribution in [1.82, 2.24) is 19.7 Å². The van der Waals surface area contributed by atoms with Crippen LogP contribution in [-0.2, 0) is 19.6 Å². The highest BCUT2D eigenvalue weighted by Gasteiger charge is 2.28. The Balaban J connectivity index is 1.14. The number of aryl methyl sites for hydroxylation is 1. The minimum Gasteiger partial charge on any atom is -0.488 e. The largest absolute Gasteiger partial charge is 0.488 e. The summed E-state index contributed by atoms with van der Waals surface area (Å²) >= 11 is 0. The van der Waals surface area contributed by atoms with Gasteiger partial charge in [0.15, 0.2) is 5.82 Å². The molecule has 3 heterocycles. The molecule has 1 fully saturated rings. The number of aliphatic hydroxyl groups is 1. The Labute approximate surface area is 264 Å². The lowest BCUT2D eigenvalue weighted by molar-refractivity contribution is 0.0693. The van der Waals surface area contributed by atoms with Crippen LogP contribution in [0.2, 0.25) is 0 Å². The molecule has 0 unspecified atom stereocenters. The molecule has 0 bridgehead atoms. The van der Waals surface area contributed by atoms with E-state index in [9.17, 15) is 9.90 Å². The molecule has 0 radical (unpaired) electrons. The minimum atomic E-state index is -1.11. The van der Waals surface area contributed by atoms with E-state index in [2.05, 4.69) is 28.2 Å². The van der Waals surface area contributed by atoms with Crippen LogP contribution in [0.4, 0.5) is 0 Å². The van der Waals surface area contributed by atoms with E-state index in [-0.39, 0.29) is 11.4 Å². The van der Waals surface area contributed by atoms with Crippen LogP contribution in [0.15, 0.2) is 60.8 Å². The van der Waals surface area contributed by atoms with Gasteiger partial charge < -0.3 is 19.7 Å². The predicted molar refractivity (Wildman–Crippen MR) is 172 cm³/mol. The molecule has 9 heteroatoms. The van der Waals surface area contributed by atoms with Crippen molar-refractivity contribution in [2.24, 2.45) is 5.92 Å². The smallest absolute Gasteiger partial charge is 0.342 e. The SMILES string of the molecule is COc1c(C(=O)O)cnn1-c1cccc(-c2cccc(C)c2OCc2ccc3c(c2)CCN(C2CCC(CCCO)CC2)C3)n1. The normalized spacial score (nSPS) is 18.4. The fourth-order valence-electron chi connectivity index (χ4n) is 6.94. The molecule has 2 aromatic carbocycles. The summed E-state index contributed by atoms with van der Waals surface area (Å²) < 4.78 is 13.2. The Hall–Kier alpha value is -4.21. The Bertz CT molecular complexity index is 1640. The first-order chi connectivity index (χ1) is 21.9. The Morgan fingerprint density at radius 3 is 2.64 bits per heavy atom. The molecule has 2 aromatic heterocycles. The predicted octanol–water partition coefficient (Wildman–Crippen LogP) is 6.22. The van der Waals surface area contributed by atoms with Crippen LogP contribution in [0.5, 0.6) is 11.6 Å². The van der Waals surface area contributed by atoms with Gasteiger partial charge in [-0.15, -0.1) is 0 Å². The number of carbonyl (C=O) groups is 1. The third-order valence-electron chi connectivity index (χ3n) is 9.39. The zero-order valence-corrected chi connectivity index (χ0v) is 26.1. The van der Waals surface area contributed by atoms with E-state index in [4.69, 9.17) is 19.6 Å². The molecule has 45 heavy (non-hydrogen) atoms. The molecule has 0 saturated heterocycles. The average molecular weight is 611 g/mol. The first-order valence-electron chi connectivity index (χ1n) is 16.0. The number of carboxylic acids is 1. The van der Waals surface area contributed by atoms with Crippen molar-refractivity contribution in [2.75, 3.05) is 20.3 Å². The van der Waals surface area contributed by atoms with E-state index in [1.54, 1.807) is 6.07 Å². The third kappa shape index (κ3) is 6.74. The minimum absolute atomic E-state index is 0.0283.